The first-order chi connectivity index (χ1) is 9.49. The van der Waals surface area contributed by atoms with E-state index in [2.05, 4.69) is 27.7 Å². The number of imidazole rings is 1. The Bertz CT molecular complexity index is 571. The van der Waals surface area contributed by atoms with E-state index in [-0.39, 0.29) is 0 Å². The SMILES string of the molecule is Cc1cscc1Cc1cnc[nH]1.O=C([O-])/C=C/C(=O)[O-]. The average molecular weight is 292 g/mol. The number of carbonyl (C=O) groups is 2. The zero-order valence-electron chi connectivity index (χ0n) is 10.7. The van der Waals surface area contributed by atoms with Crippen LogP contribution in [0.25, 0.3) is 0 Å². The van der Waals surface area contributed by atoms with Crippen molar-refractivity contribution in [3.8, 4) is 0 Å². The molecule has 2 heterocycles. The summed E-state index contributed by atoms with van der Waals surface area (Å²) in [5.41, 5.74) is 3.94. The highest BCUT2D eigenvalue weighted by molar-refractivity contribution is 7.08. The van der Waals surface area contributed by atoms with Crippen LogP contribution in [-0.4, -0.2) is 21.9 Å². The maximum Gasteiger partial charge on any atom is 0.0921 e. The molecule has 2 aromatic rings. The Balaban J connectivity index is 0.000000221. The topological polar surface area (TPSA) is 109 Å². The molecule has 2 aromatic heterocycles. The molecule has 0 spiro atoms. The van der Waals surface area contributed by atoms with Crippen molar-refractivity contribution < 1.29 is 19.8 Å². The summed E-state index contributed by atoms with van der Waals surface area (Å²) >= 11 is 1.75. The van der Waals surface area contributed by atoms with Gasteiger partial charge in [-0.25, -0.2) is 4.98 Å². The third-order valence-electron chi connectivity index (χ3n) is 2.25. The van der Waals surface area contributed by atoms with Crippen molar-refractivity contribution in [2.45, 2.75) is 13.3 Å². The first-order valence-corrected chi connectivity index (χ1v) is 6.52. The van der Waals surface area contributed by atoms with Crippen LogP contribution < -0.4 is 10.2 Å². The molecule has 0 bridgehead atoms. The lowest BCUT2D eigenvalue weighted by Crippen LogP contribution is -2.23. The van der Waals surface area contributed by atoms with Crippen molar-refractivity contribution in [3.05, 3.63) is 52.3 Å². The number of carboxylic acids is 2. The lowest BCUT2D eigenvalue weighted by molar-refractivity contribution is -0.301. The van der Waals surface area contributed by atoms with Crippen LogP contribution in [0.3, 0.4) is 0 Å². The molecule has 106 valence electrons. The number of aromatic nitrogens is 2. The highest BCUT2D eigenvalue weighted by Crippen LogP contribution is 2.16. The average Bonchev–Trinajstić information content (AvgIpc) is 3.01. The van der Waals surface area contributed by atoms with Gasteiger partial charge in [0.25, 0.3) is 0 Å². The van der Waals surface area contributed by atoms with Gasteiger partial charge in [-0.3, -0.25) is 0 Å². The van der Waals surface area contributed by atoms with Gasteiger partial charge in [0.2, 0.25) is 0 Å². The minimum absolute atomic E-state index is 0.384. The second kappa shape index (κ2) is 7.90. The fourth-order valence-corrected chi connectivity index (χ4v) is 2.15. The summed E-state index contributed by atoms with van der Waals surface area (Å²) in [6.45, 7) is 2.14. The Kier molecular flexibility index (Phi) is 6.18. The van der Waals surface area contributed by atoms with E-state index in [9.17, 15) is 19.8 Å². The molecule has 0 aliphatic heterocycles. The molecule has 0 atom stereocenters. The Morgan fingerprint density at radius 1 is 1.30 bits per heavy atom. The van der Waals surface area contributed by atoms with Crippen LogP contribution in [0.4, 0.5) is 0 Å². The van der Waals surface area contributed by atoms with Gasteiger partial charge in [0.1, 0.15) is 0 Å². The van der Waals surface area contributed by atoms with Gasteiger partial charge in [-0.15, -0.1) is 0 Å². The fourth-order valence-electron chi connectivity index (χ4n) is 1.29. The van der Waals surface area contributed by atoms with Crippen molar-refractivity contribution in [1.29, 1.82) is 0 Å². The molecule has 0 aliphatic carbocycles. The predicted molar refractivity (Wildman–Crippen MR) is 69.6 cm³/mol. The number of aromatic amines is 1. The predicted octanol–water partition coefficient (Wildman–Crippen LogP) is -0.587. The third kappa shape index (κ3) is 5.96. The van der Waals surface area contributed by atoms with Gasteiger partial charge in [0, 0.05) is 18.3 Å². The van der Waals surface area contributed by atoms with Gasteiger partial charge in [0.05, 0.1) is 18.3 Å². The van der Waals surface area contributed by atoms with Crippen LogP contribution in [0.2, 0.25) is 0 Å². The first kappa shape index (κ1) is 15.6. The summed E-state index contributed by atoms with van der Waals surface area (Å²) in [5, 5.41) is 23.2. The Morgan fingerprint density at radius 3 is 2.35 bits per heavy atom. The number of hydrogen-bond donors (Lipinski definition) is 1. The number of nitrogens with zero attached hydrogens (tertiary/aromatic N) is 1. The van der Waals surface area contributed by atoms with E-state index in [0.717, 1.165) is 6.42 Å². The van der Waals surface area contributed by atoms with Crippen LogP contribution in [0.1, 0.15) is 16.8 Å². The van der Waals surface area contributed by atoms with Gasteiger partial charge >= 0.3 is 0 Å². The molecule has 0 saturated heterocycles. The smallest absolute Gasteiger partial charge is 0.0921 e. The number of nitrogens with one attached hydrogen (secondary N) is 1. The molecule has 0 saturated carbocycles. The van der Waals surface area contributed by atoms with E-state index in [0.29, 0.717) is 12.2 Å². The monoisotopic (exact) mass is 292 g/mol. The Labute approximate surface area is 119 Å². The largest absolute Gasteiger partial charge is 0.545 e. The molecule has 0 unspecified atom stereocenters. The number of rotatable bonds is 4. The van der Waals surface area contributed by atoms with E-state index < -0.39 is 11.9 Å². The zero-order chi connectivity index (χ0) is 15.0. The number of aryl methyl sites for hydroxylation is 1. The van der Waals surface area contributed by atoms with E-state index in [4.69, 9.17) is 0 Å². The Hall–Kier alpha value is -2.41. The number of H-pyrrole nitrogens is 1. The number of thiophene rings is 1. The maximum absolute atomic E-state index is 9.41. The molecule has 6 nitrogen and oxygen atoms in total. The molecule has 0 fully saturated rings. The molecule has 2 rings (SSSR count). The minimum Gasteiger partial charge on any atom is -0.545 e. The zero-order valence-corrected chi connectivity index (χ0v) is 11.5. The van der Waals surface area contributed by atoms with Gasteiger partial charge in [-0.05, 0) is 41.0 Å². The van der Waals surface area contributed by atoms with Crippen LogP contribution in [0.5, 0.6) is 0 Å². The van der Waals surface area contributed by atoms with Gasteiger partial charge in [-0.2, -0.15) is 11.3 Å². The number of aliphatic carboxylic acids is 2. The van der Waals surface area contributed by atoms with Crippen molar-refractivity contribution >= 4 is 23.3 Å². The molecule has 7 heteroatoms. The second-order valence-electron chi connectivity index (χ2n) is 3.81. The van der Waals surface area contributed by atoms with Crippen molar-refractivity contribution in [3.63, 3.8) is 0 Å². The second-order valence-corrected chi connectivity index (χ2v) is 4.55. The summed E-state index contributed by atoms with van der Waals surface area (Å²) in [4.78, 5) is 25.9. The number of carboxylic acid groups (broad SMARTS) is 2. The molecule has 20 heavy (non-hydrogen) atoms. The van der Waals surface area contributed by atoms with Gasteiger partial charge in [0.15, 0.2) is 0 Å². The third-order valence-corrected chi connectivity index (χ3v) is 3.16. The lowest BCUT2D eigenvalue weighted by Gasteiger charge is -1.95. The fraction of sp³-hybridized carbons (Fsp3) is 0.154. The van der Waals surface area contributed by atoms with Crippen LogP contribution >= 0.6 is 11.3 Å². The van der Waals surface area contributed by atoms with Crippen molar-refractivity contribution in [2.75, 3.05) is 0 Å². The molecular formula is C13H12N2O4S-2. The van der Waals surface area contributed by atoms with Crippen LogP contribution in [0.15, 0.2) is 35.4 Å². The standard InChI is InChI=1S/C9H10N2S.C4H4O4/c1-7-4-12-5-8(7)2-9-3-10-6-11-9;5-3(6)1-2-4(7)8/h3-6H,2H2,1H3,(H,10,11);1-2H,(H,5,6)(H,7,8)/p-2/b;2-1+. The highest BCUT2D eigenvalue weighted by atomic mass is 32.1. The van der Waals surface area contributed by atoms with Gasteiger partial charge in [-0.1, -0.05) is 0 Å². The first-order valence-electron chi connectivity index (χ1n) is 5.58. The number of carbonyl (C=O) groups excluding carboxylic acids is 2. The molecule has 0 amide bonds. The maximum atomic E-state index is 9.41. The summed E-state index contributed by atoms with van der Waals surface area (Å²) in [7, 11) is 0. The summed E-state index contributed by atoms with van der Waals surface area (Å²) < 4.78 is 0. The normalized spacial score (nSPS) is 10.1. The molecule has 0 aromatic carbocycles. The van der Waals surface area contributed by atoms with Crippen LogP contribution in [0, 0.1) is 6.92 Å². The summed E-state index contributed by atoms with van der Waals surface area (Å²) in [6, 6.07) is 0. The highest BCUT2D eigenvalue weighted by Gasteiger charge is 2.00. The van der Waals surface area contributed by atoms with Crippen LogP contribution in [-0.2, 0) is 16.0 Å². The van der Waals surface area contributed by atoms with Gasteiger partial charge < -0.3 is 24.8 Å². The quantitative estimate of drug-likeness (QED) is 0.758. The van der Waals surface area contributed by atoms with E-state index in [1.165, 1.54) is 16.8 Å². The van der Waals surface area contributed by atoms with E-state index in [1.807, 2.05) is 6.20 Å². The minimum atomic E-state index is -1.55. The van der Waals surface area contributed by atoms with Crippen molar-refractivity contribution in [1.82, 2.24) is 9.97 Å². The molecule has 1 N–H and O–H groups in total. The summed E-state index contributed by atoms with van der Waals surface area (Å²) in [6.07, 6.45) is 5.33. The Morgan fingerprint density at radius 2 is 1.95 bits per heavy atom. The van der Waals surface area contributed by atoms with E-state index >= 15 is 0 Å². The number of hydrogen-bond acceptors (Lipinski definition) is 6. The van der Waals surface area contributed by atoms with Crippen molar-refractivity contribution in [2.24, 2.45) is 0 Å². The lowest BCUT2D eigenvalue weighted by atomic mass is 10.1. The molecular weight excluding hydrogens is 280 g/mol. The summed E-state index contributed by atoms with van der Waals surface area (Å²) in [5.74, 6) is -3.09. The molecule has 0 aliphatic rings. The molecule has 0 radical (unpaired) electrons. The van der Waals surface area contributed by atoms with E-state index in [1.54, 1.807) is 17.7 Å².